The van der Waals surface area contributed by atoms with Gasteiger partial charge in [0.25, 0.3) is 5.91 Å². The third kappa shape index (κ3) is 2.95. The molecular weight excluding hydrogens is 300 g/mol. The maximum Gasteiger partial charge on any atom is 0.271 e. The number of phenolic OH excluding ortho intramolecular Hbond substituents is 1. The van der Waals surface area contributed by atoms with Gasteiger partial charge in [-0.15, -0.1) is 0 Å². The highest BCUT2D eigenvalue weighted by molar-refractivity contribution is 5.97. The minimum atomic E-state index is -0.423. The second kappa shape index (κ2) is 6.14. The monoisotopic (exact) mass is 312 g/mol. The van der Waals surface area contributed by atoms with Crippen LogP contribution in [0.25, 0.3) is 11.0 Å². The summed E-state index contributed by atoms with van der Waals surface area (Å²) in [5.41, 5.74) is 4.19. The molecule has 3 rings (SSSR count). The Balaban J connectivity index is 1.73. The lowest BCUT2D eigenvalue weighted by molar-refractivity contribution is 0.0955. The molecule has 0 aliphatic carbocycles. The van der Waals surface area contributed by atoms with Gasteiger partial charge in [-0.05, 0) is 40.6 Å². The Morgan fingerprint density at radius 2 is 2.13 bits per heavy atom. The number of nitrogens with zero attached hydrogens (tertiary/aromatic N) is 3. The lowest BCUT2D eigenvalue weighted by Gasteiger charge is -2.05. The zero-order chi connectivity index (χ0) is 16.2. The Morgan fingerprint density at radius 1 is 1.30 bits per heavy atom. The second-order valence-electron chi connectivity index (χ2n) is 4.56. The number of fused-ring (bicyclic) bond motifs is 1. The first kappa shape index (κ1) is 14.5. The molecule has 0 aliphatic rings. The summed E-state index contributed by atoms with van der Waals surface area (Å²) >= 11 is 0. The van der Waals surface area contributed by atoms with E-state index >= 15 is 0 Å². The number of aromatic nitrogens is 2. The molecule has 0 saturated heterocycles. The van der Waals surface area contributed by atoms with Crippen LogP contribution in [0, 0.1) is 0 Å². The molecule has 8 heteroatoms. The van der Waals surface area contributed by atoms with Crippen LogP contribution in [0.4, 0.5) is 0 Å². The smallest absolute Gasteiger partial charge is 0.271 e. The molecule has 23 heavy (non-hydrogen) atoms. The van der Waals surface area contributed by atoms with Gasteiger partial charge in [0.15, 0.2) is 11.5 Å². The SMILES string of the molecule is COc1cccc(/C=N/NC(=O)c2ccc3nonc3c2)c1O. The van der Waals surface area contributed by atoms with E-state index in [1.807, 2.05) is 0 Å². The average Bonchev–Trinajstić information content (AvgIpc) is 3.04. The third-order valence-corrected chi connectivity index (χ3v) is 3.14. The van der Waals surface area contributed by atoms with Crippen LogP contribution in [-0.4, -0.2) is 34.7 Å². The third-order valence-electron chi connectivity index (χ3n) is 3.14. The number of amides is 1. The maximum absolute atomic E-state index is 12.0. The van der Waals surface area contributed by atoms with Gasteiger partial charge in [0.05, 0.1) is 13.3 Å². The van der Waals surface area contributed by atoms with Gasteiger partial charge in [0, 0.05) is 11.1 Å². The van der Waals surface area contributed by atoms with Crippen molar-refractivity contribution in [3.05, 3.63) is 47.5 Å². The van der Waals surface area contributed by atoms with Gasteiger partial charge in [-0.3, -0.25) is 4.79 Å². The number of ether oxygens (including phenoxy) is 1. The van der Waals surface area contributed by atoms with Crippen LogP contribution in [0.5, 0.6) is 11.5 Å². The summed E-state index contributed by atoms with van der Waals surface area (Å²) in [6.45, 7) is 0. The molecule has 0 fully saturated rings. The van der Waals surface area contributed by atoms with E-state index in [1.54, 1.807) is 36.4 Å². The number of carbonyl (C=O) groups is 1. The van der Waals surface area contributed by atoms with Crippen LogP contribution in [0.1, 0.15) is 15.9 Å². The first-order chi connectivity index (χ1) is 11.2. The fourth-order valence-electron chi connectivity index (χ4n) is 1.96. The van der Waals surface area contributed by atoms with Crippen molar-refractivity contribution in [1.29, 1.82) is 0 Å². The molecule has 116 valence electrons. The van der Waals surface area contributed by atoms with Crippen molar-refractivity contribution in [3.63, 3.8) is 0 Å². The van der Waals surface area contributed by atoms with Crippen LogP contribution < -0.4 is 10.2 Å². The van der Waals surface area contributed by atoms with Crippen LogP contribution in [0.2, 0.25) is 0 Å². The minimum Gasteiger partial charge on any atom is -0.504 e. The van der Waals surface area contributed by atoms with Gasteiger partial charge < -0.3 is 9.84 Å². The van der Waals surface area contributed by atoms with E-state index in [2.05, 4.69) is 25.5 Å². The van der Waals surface area contributed by atoms with Gasteiger partial charge in [0.2, 0.25) is 0 Å². The van der Waals surface area contributed by atoms with Crippen molar-refractivity contribution in [3.8, 4) is 11.5 Å². The number of hydrazone groups is 1. The first-order valence-corrected chi connectivity index (χ1v) is 6.60. The van der Waals surface area contributed by atoms with Crippen LogP contribution in [0.15, 0.2) is 46.1 Å². The zero-order valence-corrected chi connectivity index (χ0v) is 12.1. The van der Waals surface area contributed by atoms with E-state index in [4.69, 9.17) is 4.74 Å². The Morgan fingerprint density at radius 3 is 2.96 bits per heavy atom. The molecule has 3 aromatic rings. The van der Waals surface area contributed by atoms with Crippen molar-refractivity contribution in [2.75, 3.05) is 7.11 Å². The van der Waals surface area contributed by atoms with Gasteiger partial charge in [-0.25, -0.2) is 10.1 Å². The van der Waals surface area contributed by atoms with Crippen LogP contribution in [-0.2, 0) is 0 Å². The lowest BCUT2D eigenvalue weighted by atomic mass is 10.2. The maximum atomic E-state index is 12.0. The Kier molecular flexibility index (Phi) is 3.88. The van der Waals surface area contributed by atoms with Crippen molar-refractivity contribution in [2.24, 2.45) is 5.10 Å². The van der Waals surface area contributed by atoms with E-state index in [9.17, 15) is 9.90 Å². The number of para-hydroxylation sites is 1. The molecule has 0 atom stereocenters. The fourth-order valence-corrected chi connectivity index (χ4v) is 1.96. The van der Waals surface area contributed by atoms with Crippen molar-refractivity contribution < 1.29 is 19.3 Å². The summed E-state index contributed by atoms with van der Waals surface area (Å²) in [5, 5.41) is 21.1. The molecule has 0 radical (unpaired) electrons. The van der Waals surface area contributed by atoms with Crippen molar-refractivity contribution in [2.45, 2.75) is 0 Å². The number of phenols is 1. The van der Waals surface area contributed by atoms with Crippen LogP contribution in [0.3, 0.4) is 0 Å². The largest absolute Gasteiger partial charge is 0.504 e. The number of rotatable bonds is 4. The quantitative estimate of drug-likeness (QED) is 0.560. The Bertz CT molecular complexity index is 888. The number of hydrogen-bond acceptors (Lipinski definition) is 7. The predicted molar refractivity (Wildman–Crippen MR) is 81.5 cm³/mol. The van der Waals surface area contributed by atoms with Crippen molar-refractivity contribution >= 4 is 23.2 Å². The number of methoxy groups -OCH3 is 1. The summed E-state index contributed by atoms with van der Waals surface area (Å²) < 4.78 is 9.57. The number of aromatic hydroxyl groups is 1. The highest BCUT2D eigenvalue weighted by Gasteiger charge is 2.08. The lowest BCUT2D eigenvalue weighted by Crippen LogP contribution is -2.17. The number of nitrogens with one attached hydrogen (secondary N) is 1. The highest BCUT2D eigenvalue weighted by atomic mass is 16.6. The zero-order valence-electron chi connectivity index (χ0n) is 12.1. The summed E-state index contributed by atoms with van der Waals surface area (Å²) in [6.07, 6.45) is 1.33. The van der Waals surface area contributed by atoms with Gasteiger partial charge in [-0.2, -0.15) is 5.10 Å². The first-order valence-electron chi connectivity index (χ1n) is 6.60. The number of benzene rings is 2. The predicted octanol–water partition coefficient (Wildman–Crippen LogP) is 1.70. The summed E-state index contributed by atoms with van der Waals surface area (Å²) in [5.74, 6) is -0.152. The van der Waals surface area contributed by atoms with E-state index in [0.29, 0.717) is 27.9 Å². The normalized spacial score (nSPS) is 11.0. The highest BCUT2D eigenvalue weighted by Crippen LogP contribution is 2.27. The molecule has 0 saturated carbocycles. The minimum absolute atomic E-state index is 0.0527. The van der Waals surface area contributed by atoms with Gasteiger partial charge >= 0.3 is 0 Å². The number of hydrogen-bond donors (Lipinski definition) is 2. The van der Waals surface area contributed by atoms with E-state index < -0.39 is 5.91 Å². The molecule has 8 nitrogen and oxygen atoms in total. The molecule has 0 unspecified atom stereocenters. The molecule has 1 amide bonds. The van der Waals surface area contributed by atoms with E-state index in [0.717, 1.165) is 0 Å². The van der Waals surface area contributed by atoms with Crippen molar-refractivity contribution in [1.82, 2.24) is 15.7 Å². The molecule has 0 spiro atoms. The summed E-state index contributed by atoms with van der Waals surface area (Å²) in [6, 6.07) is 9.71. The molecular formula is C15H12N4O4. The van der Waals surface area contributed by atoms with Gasteiger partial charge in [-0.1, -0.05) is 6.07 Å². The fraction of sp³-hybridized carbons (Fsp3) is 0.0667. The van der Waals surface area contributed by atoms with Crippen LogP contribution >= 0.6 is 0 Å². The summed E-state index contributed by atoms with van der Waals surface area (Å²) in [7, 11) is 1.45. The molecule has 2 N–H and O–H groups in total. The van der Waals surface area contributed by atoms with Gasteiger partial charge in [0.1, 0.15) is 11.0 Å². The second-order valence-corrected chi connectivity index (χ2v) is 4.56. The standard InChI is InChI=1S/C15H12N4O4/c1-22-13-4-2-3-10(14(13)20)8-16-17-15(21)9-5-6-11-12(7-9)19-23-18-11/h2-8,20H,1H3,(H,17,21)/b16-8+. The topological polar surface area (TPSA) is 110 Å². The van der Waals surface area contributed by atoms with E-state index in [-0.39, 0.29) is 5.75 Å². The molecule has 0 bridgehead atoms. The molecule has 0 aliphatic heterocycles. The Hall–Kier alpha value is -3.42. The molecule has 1 aromatic heterocycles. The molecule has 2 aromatic carbocycles. The molecule has 1 heterocycles. The summed E-state index contributed by atoms with van der Waals surface area (Å²) in [4.78, 5) is 12.0. The Labute approximate surface area is 130 Å². The number of carbonyl (C=O) groups excluding carboxylic acids is 1. The average molecular weight is 312 g/mol. The van der Waals surface area contributed by atoms with E-state index in [1.165, 1.54) is 13.3 Å².